The normalized spacial score (nSPS) is 14.7. The van der Waals surface area contributed by atoms with E-state index in [1.54, 1.807) is 0 Å². The Morgan fingerprint density at radius 1 is 1.43 bits per heavy atom. The number of rotatable bonds is 7. The maximum atomic E-state index is 10.5. The van der Waals surface area contributed by atoms with Gasteiger partial charge in [-0.15, -0.1) is 0 Å². The van der Waals surface area contributed by atoms with Crippen LogP contribution < -0.4 is 11.1 Å². The number of nitrogens with two attached hydrogens (primary N) is 1. The maximum absolute atomic E-state index is 10.5. The van der Waals surface area contributed by atoms with E-state index in [0.717, 1.165) is 0 Å². The van der Waals surface area contributed by atoms with Gasteiger partial charge in [0.15, 0.2) is 0 Å². The molecule has 1 amide bonds. The molecule has 0 aliphatic heterocycles. The molecule has 2 atom stereocenters. The number of carboxylic acids is 1. The SMILES string of the molecule is NC(=O)CC(NCC(O)CO)C(=O)O. The van der Waals surface area contributed by atoms with E-state index in [2.05, 4.69) is 5.32 Å². The minimum absolute atomic E-state index is 0.110. The Labute approximate surface area is 80.5 Å². The number of carbonyl (C=O) groups excluding carboxylic acids is 1. The minimum Gasteiger partial charge on any atom is -0.480 e. The molecule has 7 nitrogen and oxygen atoms in total. The first kappa shape index (κ1) is 12.8. The predicted octanol–water partition coefficient (Wildman–Crippen LogP) is -2.74. The summed E-state index contributed by atoms with van der Waals surface area (Å²) in [7, 11) is 0. The molecule has 0 aromatic carbocycles. The summed E-state index contributed by atoms with van der Waals surface area (Å²) in [5.41, 5.74) is 4.82. The third-order valence-electron chi connectivity index (χ3n) is 1.51. The topological polar surface area (TPSA) is 133 Å². The first-order valence-electron chi connectivity index (χ1n) is 4.00. The quantitative estimate of drug-likeness (QED) is 0.307. The van der Waals surface area contributed by atoms with E-state index >= 15 is 0 Å². The molecule has 82 valence electrons. The van der Waals surface area contributed by atoms with Crippen molar-refractivity contribution in [3.05, 3.63) is 0 Å². The minimum atomic E-state index is -1.23. The number of aliphatic hydroxyl groups excluding tert-OH is 2. The largest absolute Gasteiger partial charge is 0.480 e. The second-order valence-electron chi connectivity index (χ2n) is 2.81. The molecule has 0 saturated carbocycles. The molecule has 0 rings (SSSR count). The molecule has 0 aliphatic rings. The summed E-state index contributed by atoms with van der Waals surface area (Å²) in [6.45, 7) is -0.587. The van der Waals surface area contributed by atoms with E-state index in [1.807, 2.05) is 0 Å². The molecule has 0 aliphatic carbocycles. The van der Waals surface area contributed by atoms with Gasteiger partial charge >= 0.3 is 5.97 Å². The van der Waals surface area contributed by atoms with Crippen LogP contribution in [0.4, 0.5) is 0 Å². The van der Waals surface area contributed by atoms with Crippen LogP contribution in [0.25, 0.3) is 0 Å². The van der Waals surface area contributed by atoms with Crippen LogP contribution in [0.15, 0.2) is 0 Å². The molecule has 0 bridgehead atoms. The highest BCUT2D eigenvalue weighted by Gasteiger charge is 2.19. The fraction of sp³-hybridized carbons (Fsp3) is 0.714. The number of aliphatic hydroxyl groups is 2. The van der Waals surface area contributed by atoms with Crippen LogP contribution in [0.3, 0.4) is 0 Å². The number of nitrogens with one attached hydrogen (secondary N) is 1. The Morgan fingerprint density at radius 2 is 2.00 bits per heavy atom. The third-order valence-corrected chi connectivity index (χ3v) is 1.51. The van der Waals surface area contributed by atoms with Crippen LogP contribution in [0.1, 0.15) is 6.42 Å². The van der Waals surface area contributed by atoms with Gasteiger partial charge in [0.25, 0.3) is 0 Å². The van der Waals surface area contributed by atoms with Gasteiger partial charge in [-0.05, 0) is 0 Å². The molecule has 0 spiro atoms. The van der Waals surface area contributed by atoms with E-state index in [9.17, 15) is 9.59 Å². The third kappa shape index (κ3) is 5.46. The van der Waals surface area contributed by atoms with Crippen molar-refractivity contribution < 1.29 is 24.9 Å². The maximum Gasteiger partial charge on any atom is 0.321 e. The number of carbonyl (C=O) groups is 2. The van der Waals surface area contributed by atoms with E-state index in [-0.39, 0.29) is 13.0 Å². The fourth-order valence-electron chi connectivity index (χ4n) is 0.791. The van der Waals surface area contributed by atoms with Crippen molar-refractivity contribution in [3.63, 3.8) is 0 Å². The fourth-order valence-corrected chi connectivity index (χ4v) is 0.791. The highest BCUT2D eigenvalue weighted by Crippen LogP contribution is 1.92. The van der Waals surface area contributed by atoms with Crippen molar-refractivity contribution in [3.8, 4) is 0 Å². The van der Waals surface area contributed by atoms with Crippen molar-refractivity contribution >= 4 is 11.9 Å². The lowest BCUT2D eigenvalue weighted by Gasteiger charge is -2.14. The Kier molecular flexibility index (Phi) is 5.77. The Balaban J connectivity index is 3.97. The van der Waals surface area contributed by atoms with E-state index in [1.165, 1.54) is 0 Å². The second-order valence-corrected chi connectivity index (χ2v) is 2.81. The molecule has 0 heterocycles. The van der Waals surface area contributed by atoms with Crippen molar-refractivity contribution in [1.29, 1.82) is 0 Å². The molecule has 0 aromatic rings. The van der Waals surface area contributed by atoms with Crippen LogP contribution >= 0.6 is 0 Å². The van der Waals surface area contributed by atoms with Gasteiger partial charge in [-0.1, -0.05) is 0 Å². The summed E-state index contributed by atoms with van der Waals surface area (Å²) in [5.74, 6) is -1.97. The zero-order chi connectivity index (χ0) is 11.1. The molecule has 7 heteroatoms. The van der Waals surface area contributed by atoms with E-state index in [0.29, 0.717) is 0 Å². The van der Waals surface area contributed by atoms with Crippen LogP contribution in [-0.4, -0.2) is 52.5 Å². The molecule has 2 unspecified atom stereocenters. The van der Waals surface area contributed by atoms with Crippen LogP contribution in [0, 0.1) is 0 Å². The zero-order valence-electron chi connectivity index (χ0n) is 7.51. The molecule has 0 aromatic heterocycles. The second kappa shape index (κ2) is 6.30. The van der Waals surface area contributed by atoms with Gasteiger partial charge in [-0.3, -0.25) is 9.59 Å². The first-order chi connectivity index (χ1) is 6.47. The molecular formula is C7H14N2O5. The molecule has 6 N–H and O–H groups in total. The van der Waals surface area contributed by atoms with Gasteiger partial charge in [-0.25, -0.2) is 0 Å². The summed E-state index contributed by atoms with van der Waals surface area (Å²) in [4.78, 5) is 21.0. The standard InChI is InChI=1S/C7H14N2O5/c8-6(12)1-5(7(13)14)9-2-4(11)3-10/h4-5,9-11H,1-3H2,(H2,8,12)(H,13,14). The van der Waals surface area contributed by atoms with Gasteiger partial charge in [0.2, 0.25) is 5.91 Å². The van der Waals surface area contributed by atoms with Crippen molar-refractivity contribution in [2.45, 2.75) is 18.6 Å². The predicted molar refractivity (Wildman–Crippen MR) is 46.3 cm³/mol. The van der Waals surface area contributed by atoms with E-state index < -0.39 is 30.6 Å². The summed E-state index contributed by atoms with van der Waals surface area (Å²) < 4.78 is 0. The van der Waals surface area contributed by atoms with Crippen molar-refractivity contribution in [1.82, 2.24) is 5.32 Å². The molecule has 0 saturated heterocycles. The van der Waals surface area contributed by atoms with Crippen LogP contribution in [-0.2, 0) is 9.59 Å². The zero-order valence-corrected chi connectivity index (χ0v) is 7.51. The van der Waals surface area contributed by atoms with Crippen LogP contribution in [0.2, 0.25) is 0 Å². The van der Waals surface area contributed by atoms with Gasteiger partial charge in [0, 0.05) is 6.54 Å². The number of amides is 1. The summed E-state index contributed by atoms with van der Waals surface area (Å²) in [6, 6.07) is -1.13. The van der Waals surface area contributed by atoms with Gasteiger partial charge in [0.1, 0.15) is 6.04 Å². The van der Waals surface area contributed by atoms with Gasteiger partial charge in [0.05, 0.1) is 19.1 Å². The molecular weight excluding hydrogens is 192 g/mol. The monoisotopic (exact) mass is 206 g/mol. The molecule has 14 heavy (non-hydrogen) atoms. The average Bonchev–Trinajstić information content (AvgIpc) is 2.10. The lowest BCUT2D eigenvalue weighted by Crippen LogP contribution is -2.44. The molecule has 0 radical (unpaired) electrons. The van der Waals surface area contributed by atoms with Gasteiger partial charge in [-0.2, -0.15) is 0 Å². The highest BCUT2D eigenvalue weighted by molar-refractivity contribution is 5.83. The number of aliphatic carboxylic acids is 1. The summed E-state index contributed by atoms with van der Waals surface area (Å²) in [6.07, 6.45) is -1.40. The Morgan fingerprint density at radius 3 is 2.36 bits per heavy atom. The highest BCUT2D eigenvalue weighted by atomic mass is 16.4. The summed E-state index contributed by atoms with van der Waals surface area (Å²) >= 11 is 0. The van der Waals surface area contributed by atoms with Crippen molar-refractivity contribution in [2.24, 2.45) is 5.73 Å². The molecule has 0 fully saturated rings. The number of hydrogen-bond acceptors (Lipinski definition) is 5. The van der Waals surface area contributed by atoms with Crippen LogP contribution in [0.5, 0.6) is 0 Å². The average molecular weight is 206 g/mol. The number of hydrogen-bond donors (Lipinski definition) is 5. The van der Waals surface area contributed by atoms with Crippen molar-refractivity contribution in [2.75, 3.05) is 13.2 Å². The lowest BCUT2D eigenvalue weighted by atomic mass is 10.2. The smallest absolute Gasteiger partial charge is 0.321 e. The Hall–Kier alpha value is -1.18. The number of primary amides is 1. The number of carboxylic acid groups (broad SMARTS) is 1. The first-order valence-corrected chi connectivity index (χ1v) is 4.00. The lowest BCUT2D eigenvalue weighted by molar-refractivity contribution is -0.141. The summed E-state index contributed by atoms with van der Waals surface area (Å²) in [5, 5.41) is 28.3. The van der Waals surface area contributed by atoms with Gasteiger partial charge < -0.3 is 26.4 Å². The Bertz CT molecular complexity index is 208. The van der Waals surface area contributed by atoms with E-state index in [4.69, 9.17) is 21.1 Å².